The Morgan fingerprint density at radius 3 is 2.71 bits per heavy atom. The van der Waals surface area contributed by atoms with Gasteiger partial charge in [-0.05, 0) is 67.4 Å². The van der Waals surface area contributed by atoms with E-state index in [9.17, 15) is 0 Å². The Kier molecular flexibility index (Phi) is 3.50. The fraction of sp³-hybridized carbons (Fsp3) is 0.364. The molecule has 1 spiro atoms. The second kappa shape index (κ2) is 6.07. The summed E-state index contributed by atoms with van der Waals surface area (Å²) in [6.07, 6.45) is 6.30. The van der Waals surface area contributed by atoms with Crippen molar-refractivity contribution < 1.29 is 4.74 Å². The van der Waals surface area contributed by atoms with Gasteiger partial charge in [0.1, 0.15) is 12.4 Å². The van der Waals surface area contributed by atoms with Gasteiger partial charge in [0.2, 0.25) is 5.88 Å². The van der Waals surface area contributed by atoms with Crippen LogP contribution < -0.4 is 15.0 Å². The molecule has 3 aromatic rings. The van der Waals surface area contributed by atoms with E-state index >= 15 is 0 Å². The molecule has 0 aliphatic carbocycles. The van der Waals surface area contributed by atoms with Gasteiger partial charge in [-0.25, -0.2) is 4.68 Å². The van der Waals surface area contributed by atoms with E-state index in [0.29, 0.717) is 12.0 Å². The van der Waals surface area contributed by atoms with Crippen molar-refractivity contribution >= 4 is 5.82 Å². The van der Waals surface area contributed by atoms with Crippen LogP contribution in [0.25, 0.3) is 16.8 Å². The van der Waals surface area contributed by atoms with E-state index < -0.39 is 0 Å². The molecule has 28 heavy (non-hydrogen) atoms. The lowest BCUT2D eigenvalue weighted by molar-refractivity contribution is 0.148. The van der Waals surface area contributed by atoms with Gasteiger partial charge in [-0.15, -0.1) is 0 Å². The molecule has 0 amide bonds. The number of piperidine rings is 1. The van der Waals surface area contributed by atoms with Crippen LogP contribution in [0.1, 0.15) is 18.4 Å². The van der Waals surface area contributed by atoms with Gasteiger partial charge in [-0.1, -0.05) is 6.07 Å². The zero-order valence-corrected chi connectivity index (χ0v) is 15.8. The third-order valence-electron chi connectivity index (χ3n) is 6.40. The van der Waals surface area contributed by atoms with E-state index in [1.54, 1.807) is 6.20 Å². The molecule has 0 radical (unpaired) electrons. The van der Waals surface area contributed by atoms with Crippen molar-refractivity contribution in [2.75, 3.05) is 31.1 Å². The minimum atomic E-state index is 0.499. The molecule has 2 aromatic heterocycles. The molecule has 142 valence electrons. The lowest BCUT2D eigenvalue weighted by atomic mass is 9.72. The van der Waals surface area contributed by atoms with Crippen molar-refractivity contribution in [3.05, 3.63) is 54.4 Å². The first-order valence-electron chi connectivity index (χ1n) is 10.0. The summed E-state index contributed by atoms with van der Waals surface area (Å²) in [5, 5.41) is 7.78. The Hall–Kier alpha value is -2.86. The van der Waals surface area contributed by atoms with Crippen LogP contribution in [-0.2, 0) is 6.61 Å². The summed E-state index contributed by atoms with van der Waals surface area (Å²) in [6.45, 7) is 5.07. The van der Waals surface area contributed by atoms with Gasteiger partial charge in [0.25, 0.3) is 0 Å². The fourth-order valence-electron chi connectivity index (χ4n) is 4.79. The van der Waals surface area contributed by atoms with Gasteiger partial charge >= 0.3 is 0 Å². The zero-order chi connectivity index (χ0) is 18.6. The molecule has 2 saturated heterocycles. The van der Waals surface area contributed by atoms with Gasteiger partial charge in [0.15, 0.2) is 0 Å². The van der Waals surface area contributed by atoms with Crippen LogP contribution in [0.4, 0.5) is 5.82 Å². The first kappa shape index (κ1) is 16.1. The van der Waals surface area contributed by atoms with Crippen molar-refractivity contribution in [3.8, 4) is 22.7 Å². The summed E-state index contributed by atoms with van der Waals surface area (Å²) >= 11 is 0. The van der Waals surface area contributed by atoms with E-state index in [-0.39, 0.29) is 0 Å². The average molecular weight is 373 g/mol. The molecule has 6 rings (SSSR count). The Morgan fingerprint density at radius 1 is 1.04 bits per heavy atom. The summed E-state index contributed by atoms with van der Waals surface area (Å²) in [5.41, 5.74) is 5.00. The van der Waals surface area contributed by atoms with Crippen LogP contribution in [-0.4, -0.2) is 40.9 Å². The molecule has 3 aliphatic heterocycles. The summed E-state index contributed by atoms with van der Waals surface area (Å²) < 4.78 is 7.91. The predicted molar refractivity (Wildman–Crippen MR) is 108 cm³/mol. The maximum absolute atomic E-state index is 6.04. The lowest BCUT2D eigenvalue weighted by Crippen LogP contribution is -2.60. The highest BCUT2D eigenvalue weighted by Gasteiger charge is 2.44. The number of pyridine rings is 1. The molecule has 2 fully saturated rings. The van der Waals surface area contributed by atoms with Gasteiger partial charge in [-0.2, -0.15) is 10.1 Å². The molecule has 3 aliphatic rings. The highest BCUT2D eigenvalue weighted by Crippen LogP contribution is 2.43. The van der Waals surface area contributed by atoms with E-state index in [2.05, 4.69) is 45.6 Å². The van der Waals surface area contributed by atoms with Gasteiger partial charge < -0.3 is 15.0 Å². The highest BCUT2D eigenvalue weighted by atomic mass is 16.5. The van der Waals surface area contributed by atoms with Crippen LogP contribution in [0, 0.1) is 5.41 Å². The first-order valence-corrected chi connectivity index (χ1v) is 10.0. The molecule has 0 saturated carbocycles. The minimum absolute atomic E-state index is 0.499. The van der Waals surface area contributed by atoms with Crippen molar-refractivity contribution in [2.45, 2.75) is 19.4 Å². The number of aromatic nitrogens is 3. The largest absolute Gasteiger partial charge is 0.472 e. The highest BCUT2D eigenvalue weighted by molar-refractivity contribution is 5.75. The number of ether oxygens (including phenoxy) is 1. The van der Waals surface area contributed by atoms with Crippen molar-refractivity contribution in [1.82, 2.24) is 20.1 Å². The molecular formula is C22H23N5O. The molecule has 6 heteroatoms. The maximum Gasteiger partial charge on any atom is 0.223 e. The van der Waals surface area contributed by atoms with E-state index in [1.807, 2.05) is 16.9 Å². The molecular weight excluding hydrogens is 350 g/mol. The minimum Gasteiger partial charge on any atom is -0.472 e. The summed E-state index contributed by atoms with van der Waals surface area (Å²) in [5.74, 6) is 1.79. The number of rotatable bonds is 2. The monoisotopic (exact) mass is 373 g/mol. The molecule has 0 unspecified atom stereocenters. The van der Waals surface area contributed by atoms with Crippen LogP contribution in [0.2, 0.25) is 0 Å². The van der Waals surface area contributed by atoms with Gasteiger partial charge in [0, 0.05) is 36.5 Å². The Balaban J connectivity index is 1.27. The maximum atomic E-state index is 6.04. The zero-order valence-electron chi connectivity index (χ0n) is 15.8. The second-order valence-corrected chi connectivity index (χ2v) is 8.21. The van der Waals surface area contributed by atoms with E-state index in [1.165, 1.54) is 24.0 Å². The molecule has 5 heterocycles. The molecule has 0 bridgehead atoms. The number of nitrogens with one attached hydrogen (secondary N) is 1. The fourth-order valence-corrected chi connectivity index (χ4v) is 4.79. The summed E-state index contributed by atoms with van der Waals surface area (Å²) in [6, 6.07) is 12.6. The molecule has 6 nitrogen and oxygen atoms in total. The topological polar surface area (TPSA) is 55.2 Å². The molecule has 1 aromatic carbocycles. The standard InChI is InChI=1S/C22H23N5O/c1-8-24-27(11-1)17-2-3-18-16(12-17)13-28-21-19(18)4-5-20(25-21)26-14-22(15-26)6-9-23-10-7-22/h1-5,8,11-12,23H,6-7,9-10,13-15H2. The summed E-state index contributed by atoms with van der Waals surface area (Å²) in [7, 11) is 0. The predicted octanol–water partition coefficient (Wildman–Crippen LogP) is 3.02. The lowest BCUT2D eigenvalue weighted by Gasteiger charge is -2.53. The average Bonchev–Trinajstić information content (AvgIpc) is 3.26. The number of benzene rings is 1. The van der Waals surface area contributed by atoms with Crippen LogP contribution in [0.5, 0.6) is 5.88 Å². The third-order valence-corrected chi connectivity index (χ3v) is 6.40. The van der Waals surface area contributed by atoms with Crippen LogP contribution in [0.3, 0.4) is 0 Å². The van der Waals surface area contributed by atoms with E-state index in [0.717, 1.165) is 49.1 Å². The second-order valence-electron chi connectivity index (χ2n) is 8.21. The van der Waals surface area contributed by atoms with Gasteiger partial charge in [-0.3, -0.25) is 0 Å². The SMILES string of the molecule is c1cnn(-c2ccc3c(c2)COc2nc(N4CC5(CCNCC5)C4)ccc2-3)c1. The van der Waals surface area contributed by atoms with Crippen LogP contribution in [0.15, 0.2) is 48.8 Å². The van der Waals surface area contributed by atoms with Gasteiger partial charge in [0.05, 0.1) is 5.69 Å². The quantitative estimate of drug-likeness (QED) is 0.748. The number of hydrogen-bond acceptors (Lipinski definition) is 5. The number of hydrogen-bond donors (Lipinski definition) is 1. The smallest absolute Gasteiger partial charge is 0.223 e. The van der Waals surface area contributed by atoms with Crippen molar-refractivity contribution in [1.29, 1.82) is 0 Å². The van der Waals surface area contributed by atoms with Crippen molar-refractivity contribution in [2.24, 2.45) is 5.41 Å². The molecule has 0 atom stereocenters. The summed E-state index contributed by atoms with van der Waals surface area (Å²) in [4.78, 5) is 7.25. The normalized spacial score (nSPS) is 19.5. The van der Waals surface area contributed by atoms with Crippen molar-refractivity contribution in [3.63, 3.8) is 0 Å². The Bertz CT molecular complexity index is 1020. The Morgan fingerprint density at radius 2 is 1.89 bits per heavy atom. The number of fused-ring (bicyclic) bond motifs is 3. The molecule has 1 N–H and O–H groups in total. The number of nitrogens with zero attached hydrogens (tertiary/aromatic N) is 4. The van der Waals surface area contributed by atoms with Crippen LogP contribution >= 0.6 is 0 Å². The first-order chi connectivity index (χ1) is 13.8. The van der Waals surface area contributed by atoms with E-state index in [4.69, 9.17) is 9.72 Å². The third kappa shape index (κ3) is 2.52. The number of anilines is 1. The Labute approximate surface area is 164 Å².